The SMILES string of the molecule is COC(=O)Cc1cc(Br)c2c(c1)CCO2. The van der Waals surface area contributed by atoms with Crippen LogP contribution in [0.2, 0.25) is 0 Å². The van der Waals surface area contributed by atoms with Gasteiger partial charge in [-0.2, -0.15) is 0 Å². The molecule has 0 saturated heterocycles. The van der Waals surface area contributed by atoms with Gasteiger partial charge in [0, 0.05) is 6.42 Å². The highest BCUT2D eigenvalue weighted by Crippen LogP contribution is 2.34. The van der Waals surface area contributed by atoms with E-state index in [-0.39, 0.29) is 5.97 Å². The Balaban J connectivity index is 2.27. The van der Waals surface area contributed by atoms with Crippen LogP contribution in [0.5, 0.6) is 5.75 Å². The number of esters is 1. The second-order valence-electron chi connectivity index (χ2n) is 3.42. The van der Waals surface area contributed by atoms with Crippen molar-refractivity contribution < 1.29 is 14.3 Å². The quantitative estimate of drug-likeness (QED) is 0.773. The van der Waals surface area contributed by atoms with Crippen LogP contribution in [0, 0.1) is 0 Å². The fraction of sp³-hybridized carbons (Fsp3) is 0.364. The first kappa shape index (κ1) is 10.5. The van der Waals surface area contributed by atoms with Crippen LogP contribution in [-0.4, -0.2) is 19.7 Å². The molecule has 4 heteroatoms. The number of carbonyl (C=O) groups is 1. The van der Waals surface area contributed by atoms with Gasteiger partial charge in [-0.15, -0.1) is 0 Å². The summed E-state index contributed by atoms with van der Waals surface area (Å²) in [7, 11) is 1.40. The molecule has 0 unspecified atom stereocenters. The van der Waals surface area contributed by atoms with Gasteiger partial charge in [-0.3, -0.25) is 4.79 Å². The van der Waals surface area contributed by atoms with E-state index in [2.05, 4.69) is 20.7 Å². The normalized spacial score (nSPS) is 13.2. The number of methoxy groups -OCH3 is 1. The number of hydrogen-bond donors (Lipinski definition) is 0. The number of hydrogen-bond acceptors (Lipinski definition) is 3. The van der Waals surface area contributed by atoms with Crippen molar-refractivity contribution in [1.82, 2.24) is 0 Å². The van der Waals surface area contributed by atoms with Crippen molar-refractivity contribution in [1.29, 1.82) is 0 Å². The van der Waals surface area contributed by atoms with Crippen LogP contribution in [0.15, 0.2) is 16.6 Å². The molecule has 0 radical (unpaired) electrons. The smallest absolute Gasteiger partial charge is 0.309 e. The van der Waals surface area contributed by atoms with Gasteiger partial charge in [-0.05, 0) is 33.1 Å². The fourth-order valence-corrected chi connectivity index (χ4v) is 2.33. The van der Waals surface area contributed by atoms with E-state index in [0.29, 0.717) is 6.42 Å². The predicted octanol–water partition coefficient (Wildman–Crippen LogP) is 2.10. The molecule has 0 aliphatic carbocycles. The lowest BCUT2D eigenvalue weighted by molar-refractivity contribution is -0.139. The Kier molecular flexibility index (Phi) is 2.95. The molecule has 2 rings (SSSR count). The summed E-state index contributed by atoms with van der Waals surface area (Å²) in [5.41, 5.74) is 2.11. The first-order valence-corrected chi connectivity index (χ1v) is 5.51. The van der Waals surface area contributed by atoms with E-state index in [1.54, 1.807) is 0 Å². The Hall–Kier alpha value is -1.03. The molecule has 0 spiro atoms. The fourth-order valence-electron chi connectivity index (χ4n) is 1.66. The van der Waals surface area contributed by atoms with Gasteiger partial charge >= 0.3 is 5.97 Å². The van der Waals surface area contributed by atoms with Crippen molar-refractivity contribution in [2.45, 2.75) is 12.8 Å². The Bertz CT molecular complexity index is 401. The number of halogens is 1. The first-order chi connectivity index (χ1) is 7.20. The highest BCUT2D eigenvalue weighted by molar-refractivity contribution is 9.10. The Morgan fingerprint density at radius 1 is 1.60 bits per heavy atom. The molecule has 0 fully saturated rings. The van der Waals surface area contributed by atoms with Gasteiger partial charge in [0.2, 0.25) is 0 Å². The largest absolute Gasteiger partial charge is 0.492 e. The molecule has 80 valence electrons. The standard InChI is InChI=1S/C11H11BrO3/c1-14-10(13)6-7-4-8-2-3-15-11(8)9(12)5-7/h4-5H,2-3,6H2,1H3. The summed E-state index contributed by atoms with van der Waals surface area (Å²) >= 11 is 3.43. The summed E-state index contributed by atoms with van der Waals surface area (Å²) in [6.45, 7) is 0.718. The summed E-state index contributed by atoms with van der Waals surface area (Å²) in [5.74, 6) is 0.685. The van der Waals surface area contributed by atoms with Crippen LogP contribution in [0.25, 0.3) is 0 Å². The number of fused-ring (bicyclic) bond motifs is 1. The van der Waals surface area contributed by atoms with E-state index in [9.17, 15) is 4.79 Å². The van der Waals surface area contributed by atoms with Crippen LogP contribution in [0.3, 0.4) is 0 Å². The molecule has 0 aromatic heterocycles. The third kappa shape index (κ3) is 2.15. The van der Waals surface area contributed by atoms with Crippen LogP contribution in [0.4, 0.5) is 0 Å². The van der Waals surface area contributed by atoms with E-state index >= 15 is 0 Å². The number of carbonyl (C=O) groups excluding carboxylic acids is 1. The third-order valence-corrected chi connectivity index (χ3v) is 2.96. The first-order valence-electron chi connectivity index (χ1n) is 4.71. The van der Waals surface area contributed by atoms with Crippen LogP contribution < -0.4 is 4.74 Å². The average Bonchev–Trinajstić information content (AvgIpc) is 2.66. The molecular weight excluding hydrogens is 260 g/mol. The molecule has 15 heavy (non-hydrogen) atoms. The maximum absolute atomic E-state index is 11.1. The van der Waals surface area contributed by atoms with Crippen LogP contribution in [-0.2, 0) is 22.4 Å². The number of rotatable bonds is 2. The van der Waals surface area contributed by atoms with E-state index in [1.807, 2.05) is 12.1 Å². The zero-order chi connectivity index (χ0) is 10.8. The zero-order valence-electron chi connectivity index (χ0n) is 8.38. The van der Waals surface area contributed by atoms with Gasteiger partial charge in [-0.1, -0.05) is 6.07 Å². The molecule has 0 N–H and O–H groups in total. The van der Waals surface area contributed by atoms with Crippen molar-refractivity contribution in [3.8, 4) is 5.75 Å². The molecule has 0 amide bonds. The van der Waals surface area contributed by atoms with Crippen molar-refractivity contribution in [3.05, 3.63) is 27.7 Å². The van der Waals surface area contributed by atoms with Gasteiger partial charge in [0.25, 0.3) is 0 Å². The van der Waals surface area contributed by atoms with Gasteiger partial charge < -0.3 is 9.47 Å². The maximum Gasteiger partial charge on any atom is 0.309 e. The van der Waals surface area contributed by atoms with E-state index in [4.69, 9.17) is 4.74 Å². The minimum Gasteiger partial charge on any atom is -0.492 e. The predicted molar refractivity (Wildman–Crippen MR) is 59.1 cm³/mol. The lowest BCUT2D eigenvalue weighted by Gasteiger charge is -2.05. The monoisotopic (exact) mass is 270 g/mol. The second-order valence-corrected chi connectivity index (χ2v) is 4.27. The van der Waals surface area contributed by atoms with Crippen molar-refractivity contribution in [3.63, 3.8) is 0 Å². The van der Waals surface area contributed by atoms with Gasteiger partial charge in [0.05, 0.1) is 24.6 Å². The van der Waals surface area contributed by atoms with Gasteiger partial charge in [-0.25, -0.2) is 0 Å². The van der Waals surface area contributed by atoms with Crippen LogP contribution in [0.1, 0.15) is 11.1 Å². The summed E-state index contributed by atoms with van der Waals surface area (Å²) in [4.78, 5) is 11.1. The minimum absolute atomic E-state index is 0.222. The van der Waals surface area contributed by atoms with E-state index < -0.39 is 0 Å². The molecule has 0 saturated carbocycles. The Labute approximate surface area is 96.5 Å². The molecule has 3 nitrogen and oxygen atoms in total. The summed E-state index contributed by atoms with van der Waals surface area (Å²) in [5, 5.41) is 0. The molecule has 1 heterocycles. The third-order valence-electron chi connectivity index (χ3n) is 2.37. The van der Waals surface area contributed by atoms with Crippen LogP contribution >= 0.6 is 15.9 Å². The summed E-state index contributed by atoms with van der Waals surface area (Å²) in [6, 6.07) is 3.91. The summed E-state index contributed by atoms with van der Waals surface area (Å²) < 4.78 is 11.0. The highest BCUT2D eigenvalue weighted by atomic mass is 79.9. The lowest BCUT2D eigenvalue weighted by Crippen LogP contribution is -2.04. The van der Waals surface area contributed by atoms with Crippen molar-refractivity contribution in [2.75, 3.05) is 13.7 Å². The zero-order valence-corrected chi connectivity index (χ0v) is 9.96. The molecule has 1 aromatic rings. The Morgan fingerprint density at radius 2 is 2.40 bits per heavy atom. The van der Waals surface area contributed by atoms with Gasteiger partial charge in [0.1, 0.15) is 5.75 Å². The lowest BCUT2D eigenvalue weighted by atomic mass is 10.1. The number of benzene rings is 1. The molecule has 1 aliphatic rings. The average molecular weight is 271 g/mol. The highest BCUT2D eigenvalue weighted by Gasteiger charge is 2.17. The Morgan fingerprint density at radius 3 is 3.13 bits per heavy atom. The molecule has 1 aliphatic heterocycles. The topological polar surface area (TPSA) is 35.5 Å². The molecule has 1 aromatic carbocycles. The second kappa shape index (κ2) is 4.23. The van der Waals surface area contributed by atoms with E-state index in [1.165, 1.54) is 7.11 Å². The van der Waals surface area contributed by atoms with Crippen molar-refractivity contribution >= 4 is 21.9 Å². The molecule has 0 bridgehead atoms. The minimum atomic E-state index is -0.222. The van der Waals surface area contributed by atoms with Gasteiger partial charge in [0.15, 0.2) is 0 Å². The maximum atomic E-state index is 11.1. The summed E-state index contributed by atoms with van der Waals surface area (Å²) in [6.07, 6.45) is 1.21. The van der Waals surface area contributed by atoms with Crippen molar-refractivity contribution in [2.24, 2.45) is 0 Å². The molecular formula is C11H11BrO3. The number of ether oxygens (including phenoxy) is 2. The van der Waals surface area contributed by atoms with E-state index in [0.717, 1.165) is 34.4 Å². The molecule has 0 atom stereocenters.